The summed E-state index contributed by atoms with van der Waals surface area (Å²) in [5, 5.41) is 11.6. The van der Waals surface area contributed by atoms with Crippen molar-refractivity contribution < 1.29 is 13.5 Å². The first-order chi connectivity index (χ1) is 6.04. The molecule has 0 aromatic heterocycles. The van der Waals surface area contributed by atoms with E-state index in [-0.39, 0.29) is 18.1 Å². The summed E-state index contributed by atoms with van der Waals surface area (Å²) in [6.45, 7) is 0.695. The Kier molecular flexibility index (Phi) is 3.28. The van der Waals surface area contributed by atoms with E-state index in [4.69, 9.17) is 10.8 Å². The fourth-order valence-electron chi connectivity index (χ4n) is 1.61. The van der Waals surface area contributed by atoms with Crippen molar-refractivity contribution in [3.8, 4) is 0 Å². The Morgan fingerprint density at radius 2 is 2.23 bits per heavy atom. The molecule has 0 aromatic carbocycles. The molecule has 0 saturated carbocycles. The predicted octanol–water partition coefficient (Wildman–Crippen LogP) is -1.92. The highest BCUT2D eigenvalue weighted by atomic mass is 32.2. The molecule has 0 aliphatic carbocycles. The van der Waals surface area contributed by atoms with Crippen LogP contribution in [0.3, 0.4) is 0 Å². The van der Waals surface area contributed by atoms with Gasteiger partial charge in [-0.2, -0.15) is 0 Å². The van der Waals surface area contributed by atoms with Gasteiger partial charge in [-0.3, -0.25) is 0 Å². The lowest BCUT2D eigenvalue weighted by atomic mass is 9.99. The van der Waals surface area contributed by atoms with Gasteiger partial charge in [-0.1, -0.05) is 0 Å². The largest absolute Gasteiger partial charge is 0.395 e. The highest BCUT2D eigenvalue weighted by molar-refractivity contribution is 7.91. The van der Waals surface area contributed by atoms with Crippen molar-refractivity contribution in [3.05, 3.63) is 0 Å². The van der Waals surface area contributed by atoms with E-state index in [1.807, 2.05) is 0 Å². The molecule has 0 radical (unpaired) electrons. The molecular weight excluding hydrogens is 192 g/mol. The highest BCUT2D eigenvalue weighted by Gasteiger charge is 2.40. The topological polar surface area (TPSA) is 92.4 Å². The van der Waals surface area contributed by atoms with E-state index in [0.29, 0.717) is 19.5 Å². The minimum Gasteiger partial charge on any atom is -0.395 e. The molecule has 1 fully saturated rings. The van der Waals surface area contributed by atoms with E-state index in [9.17, 15) is 8.42 Å². The Bertz CT molecular complexity index is 265. The summed E-state index contributed by atoms with van der Waals surface area (Å²) in [7, 11) is -2.92. The third-order valence-electron chi connectivity index (χ3n) is 2.39. The molecule has 6 heteroatoms. The standard InChI is InChI=1S/C7H16N2O3S/c8-5-7(9-2-3-10)1-4-13(11,12)6-7/h9-10H,1-6,8H2. The van der Waals surface area contributed by atoms with Crippen LogP contribution in [0, 0.1) is 0 Å². The van der Waals surface area contributed by atoms with Crippen LogP contribution in [0.25, 0.3) is 0 Å². The van der Waals surface area contributed by atoms with Crippen molar-refractivity contribution in [2.45, 2.75) is 12.0 Å². The van der Waals surface area contributed by atoms with Gasteiger partial charge in [-0.15, -0.1) is 0 Å². The third-order valence-corrected chi connectivity index (χ3v) is 4.21. The molecule has 78 valence electrons. The average Bonchev–Trinajstić information content (AvgIpc) is 2.40. The molecule has 1 aliphatic rings. The first kappa shape index (κ1) is 10.9. The monoisotopic (exact) mass is 208 g/mol. The van der Waals surface area contributed by atoms with Crippen molar-refractivity contribution in [1.82, 2.24) is 5.32 Å². The highest BCUT2D eigenvalue weighted by Crippen LogP contribution is 2.21. The van der Waals surface area contributed by atoms with Gasteiger partial charge < -0.3 is 16.2 Å². The first-order valence-electron chi connectivity index (χ1n) is 4.30. The minimum absolute atomic E-state index is 0.00178. The van der Waals surface area contributed by atoms with Crippen molar-refractivity contribution >= 4 is 9.84 Å². The summed E-state index contributed by atoms with van der Waals surface area (Å²) < 4.78 is 22.4. The average molecular weight is 208 g/mol. The van der Waals surface area contributed by atoms with Gasteiger partial charge in [-0.05, 0) is 6.42 Å². The summed E-state index contributed by atoms with van der Waals surface area (Å²) in [6.07, 6.45) is 0.547. The third kappa shape index (κ3) is 2.63. The van der Waals surface area contributed by atoms with Crippen molar-refractivity contribution in [2.24, 2.45) is 5.73 Å². The normalized spacial score (nSPS) is 32.2. The molecular formula is C7H16N2O3S. The Morgan fingerprint density at radius 1 is 1.54 bits per heavy atom. The van der Waals surface area contributed by atoms with E-state index >= 15 is 0 Å². The number of aliphatic hydroxyl groups is 1. The second kappa shape index (κ2) is 3.91. The molecule has 13 heavy (non-hydrogen) atoms. The Labute approximate surface area is 78.2 Å². The van der Waals surface area contributed by atoms with Crippen LogP contribution >= 0.6 is 0 Å². The summed E-state index contributed by atoms with van der Waals surface area (Å²) >= 11 is 0. The lowest BCUT2D eigenvalue weighted by molar-refractivity contribution is 0.263. The van der Waals surface area contributed by atoms with Crippen molar-refractivity contribution in [1.29, 1.82) is 0 Å². The smallest absolute Gasteiger partial charge is 0.152 e. The quantitative estimate of drug-likeness (QED) is 0.501. The van der Waals surface area contributed by atoms with E-state index in [1.165, 1.54) is 0 Å². The molecule has 5 nitrogen and oxygen atoms in total. The molecule has 1 unspecified atom stereocenters. The van der Waals surface area contributed by atoms with Gasteiger partial charge in [0.1, 0.15) is 0 Å². The summed E-state index contributed by atoms with van der Waals surface area (Å²) in [5.41, 5.74) is 5.02. The Morgan fingerprint density at radius 3 is 2.62 bits per heavy atom. The number of rotatable bonds is 4. The van der Waals surface area contributed by atoms with Crippen LogP contribution in [0.5, 0.6) is 0 Å². The van der Waals surface area contributed by atoms with Crippen molar-refractivity contribution in [2.75, 3.05) is 31.2 Å². The summed E-state index contributed by atoms with van der Waals surface area (Å²) in [4.78, 5) is 0. The van der Waals surface area contributed by atoms with Crippen LogP contribution in [0.15, 0.2) is 0 Å². The Hall–Kier alpha value is -0.170. The van der Waals surface area contributed by atoms with Crippen LogP contribution in [0.1, 0.15) is 6.42 Å². The fraction of sp³-hybridized carbons (Fsp3) is 1.00. The molecule has 0 spiro atoms. The molecule has 0 aromatic rings. The van der Waals surface area contributed by atoms with Gasteiger partial charge in [0, 0.05) is 18.6 Å². The maximum atomic E-state index is 11.2. The number of aliphatic hydroxyl groups excluding tert-OH is 1. The Balaban J connectivity index is 2.63. The molecule has 1 saturated heterocycles. The van der Waals surface area contributed by atoms with Crippen LogP contribution in [0.2, 0.25) is 0 Å². The maximum Gasteiger partial charge on any atom is 0.152 e. The van der Waals surface area contributed by atoms with Gasteiger partial charge in [0.25, 0.3) is 0 Å². The number of sulfone groups is 1. The van der Waals surface area contributed by atoms with E-state index in [0.717, 1.165) is 0 Å². The maximum absolute atomic E-state index is 11.2. The second-order valence-corrected chi connectivity index (χ2v) is 5.66. The lowest BCUT2D eigenvalue weighted by Gasteiger charge is -2.26. The number of hydrogen-bond acceptors (Lipinski definition) is 5. The van der Waals surface area contributed by atoms with Crippen molar-refractivity contribution in [3.63, 3.8) is 0 Å². The minimum atomic E-state index is -2.92. The van der Waals surface area contributed by atoms with Crippen LogP contribution in [0.4, 0.5) is 0 Å². The van der Waals surface area contributed by atoms with E-state index < -0.39 is 15.4 Å². The number of β-amino-alcohol motifs (C(OH)–C–C–N with tert-alkyl or cyclic N) is 1. The SMILES string of the molecule is NCC1(NCCO)CCS(=O)(=O)C1. The molecule has 0 amide bonds. The van der Waals surface area contributed by atoms with E-state index in [2.05, 4.69) is 5.32 Å². The molecule has 1 heterocycles. The lowest BCUT2D eigenvalue weighted by Crippen LogP contribution is -2.53. The summed E-state index contributed by atoms with van der Waals surface area (Å²) in [6, 6.07) is 0. The number of hydrogen-bond donors (Lipinski definition) is 3. The van der Waals surface area contributed by atoms with Crippen LogP contribution < -0.4 is 11.1 Å². The van der Waals surface area contributed by atoms with Gasteiger partial charge in [0.2, 0.25) is 0 Å². The fourth-order valence-corrected chi connectivity index (χ4v) is 3.66. The van der Waals surface area contributed by atoms with Crippen LogP contribution in [-0.4, -0.2) is 50.3 Å². The molecule has 1 atom stereocenters. The zero-order valence-corrected chi connectivity index (χ0v) is 8.31. The molecule has 1 aliphatic heterocycles. The van der Waals surface area contributed by atoms with Gasteiger partial charge in [0.05, 0.1) is 18.1 Å². The van der Waals surface area contributed by atoms with Gasteiger partial charge in [-0.25, -0.2) is 8.42 Å². The second-order valence-electron chi connectivity index (χ2n) is 3.48. The predicted molar refractivity (Wildman–Crippen MR) is 50.1 cm³/mol. The van der Waals surface area contributed by atoms with Crippen LogP contribution in [-0.2, 0) is 9.84 Å². The summed E-state index contributed by atoms with van der Waals surface area (Å²) in [5.74, 6) is 0.291. The van der Waals surface area contributed by atoms with E-state index in [1.54, 1.807) is 0 Å². The molecule has 1 rings (SSSR count). The van der Waals surface area contributed by atoms with Gasteiger partial charge in [0.15, 0.2) is 9.84 Å². The first-order valence-corrected chi connectivity index (χ1v) is 6.12. The molecule has 0 bridgehead atoms. The number of nitrogens with one attached hydrogen (secondary N) is 1. The number of nitrogens with two attached hydrogens (primary N) is 1. The zero-order chi connectivity index (χ0) is 9.95. The van der Waals surface area contributed by atoms with Gasteiger partial charge >= 0.3 is 0 Å². The zero-order valence-electron chi connectivity index (χ0n) is 7.49. The molecule has 4 N–H and O–H groups in total.